The van der Waals surface area contributed by atoms with Gasteiger partial charge in [-0.2, -0.15) is 11.8 Å². The van der Waals surface area contributed by atoms with Gasteiger partial charge >= 0.3 is 5.97 Å². The molecule has 2 aromatic carbocycles. The van der Waals surface area contributed by atoms with Gasteiger partial charge in [0.1, 0.15) is 0 Å². The van der Waals surface area contributed by atoms with Crippen LogP contribution in [0, 0.1) is 6.92 Å². The number of benzene rings is 2. The number of thioether (sulfide) groups is 1. The van der Waals surface area contributed by atoms with Gasteiger partial charge in [-0.05, 0) is 36.5 Å². The van der Waals surface area contributed by atoms with Crippen molar-refractivity contribution in [1.29, 1.82) is 0 Å². The van der Waals surface area contributed by atoms with Crippen LogP contribution in [0.25, 0.3) is 22.5 Å². The summed E-state index contributed by atoms with van der Waals surface area (Å²) in [5.74, 6) is 0.431. The van der Waals surface area contributed by atoms with Crippen LogP contribution in [0.5, 0.6) is 0 Å². The fourth-order valence-electron chi connectivity index (χ4n) is 3.94. The summed E-state index contributed by atoms with van der Waals surface area (Å²) in [4.78, 5) is 11.5. The van der Waals surface area contributed by atoms with Crippen molar-refractivity contribution in [2.24, 2.45) is 0 Å². The minimum absolute atomic E-state index is 0.0625. The molecule has 0 saturated heterocycles. The molecule has 1 aliphatic carbocycles. The van der Waals surface area contributed by atoms with Crippen molar-refractivity contribution < 1.29 is 19.5 Å². The summed E-state index contributed by atoms with van der Waals surface area (Å²) >= 11 is 1.70. The van der Waals surface area contributed by atoms with Crippen LogP contribution in [-0.2, 0) is 10.2 Å². The Morgan fingerprint density at radius 1 is 1.03 bits per heavy atom. The monoisotopic (exact) mass is 481 g/mol. The second kappa shape index (κ2) is 10.4. The summed E-state index contributed by atoms with van der Waals surface area (Å²) in [6.07, 6.45) is 0.752. The molecule has 1 aliphatic rings. The SMILES string of the molecule is CC.Cc1noc(-c2ccc(-c3ccc(C4(C(=O)O)CC4)cc3)cc2)c1C(O)CSC(C)(C)C. The number of aromatic nitrogens is 1. The third-order valence-electron chi connectivity index (χ3n) is 5.99. The van der Waals surface area contributed by atoms with Crippen molar-refractivity contribution in [3.63, 3.8) is 0 Å². The summed E-state index contributed by atoms with van der Waals surface area (Å²) in [6.45, 7) is 12.2. The van der Waals surface area contributed by atoms with Crippen molar-refractivity contribution in [3.05, 3.63) is 65.4 Å². The fraction of sp³-hybridized carbons (Fsp3) is 0.429. The Morgan fingerprint density at radius 2 is 1.53 bits per heavy atom. The Hall–Kier alpha value is -2.57. The summed E-state index contributed by atoms with van der Waals surface area (Å²) in [7, 11) is 0. The molecule has 0 amide bonds. The van der Waals surface area contributed by atoms with E-state index in [9.17, 15) is 15.0 Å². The van der Waals surface area contributed by atoms with Gasteiger partial charge in [0.15, 0.2) is 5.76 Å². The van der Waals surface area contributed by atoms with E-state index in [1.54, 1.807) is 11.8 Å². The lowest BCUT2D eigenvalue weighted by molar-refractivity contribution is -0.140. The molecule has 182 valence electrons. The zero-order valence-corrected chi connectivity index (χ0v) is 21.7. The molecule has 1 heterocycles. The van der Waals surface area contributed by atoms with Crippen LogP contribution in [0.1, 0.15) is 70.4 Å². The molecule has 1 unspecified atom stereocenters. The minimum atomic E-state index is -0.740. The molecule has 2 N–H and O–H groups in total. The van der Waals surface area contributed by atoms with E-state index in [0.29, 0.717) is 30.0 Å². The molecule has 1 atom stereocenters. The van der Waals surface area contributed by atoms with Crippen LogP contribution in [0.4, 0.5) is 0 Å². The van der Waals surface area contributed by atoms with Crippen molar-refractivity contribution in [2.45, 2.75) is 70.7 Å². The Kier molecular flexibility index (Phi) is 7.94. The lowest BCUT2D eigenvalue weighted by Gasteiger charge is -2.20. The number of rotatable bonds is 7. The first-order valence-electron chi connectivity index (χ1n) is 11.8. The molecule has 5 nitrogen and oxygen atoms in total. The van der Waals surface area contributed by atoms with Gasteiger partial charge in [-0.15, -0.1) is 0 Å². The average molecular weight is 482 g/mol. The normalized spacial score (nSPS) is 15.3. The predicted molar refractivity (Wildman–Crippen MR) is 139 cm³/mol. The predicted octanol–water partition coefficient (Wildman–Crippen LogP) is 7.02. The number of aliphatic hydroxyl groups is 1. The maximum atomic E-state index is 11.5. The van der Waals surface area contributed by atoms with Crippen molar-refractivity contribution in [2.75, 3.05) is 5.75 Å². The Labute approximate surface area is 206 Å². The summed E-state index contributed by atoms with van der Waals surface area (Å²) in [5.41, 5.74) is 4.54. The molecular formula is C28H35NO4S. The number of carboxylic acid groups (broad SMARTS) is 1. The van der Waals surface area contributed by atoms with Gasteiger partial charge in [-0.1, -0.05) is 88.3 Å². The van der Waals surface area contributed by atoms with Gasteiger partial charge in [0.25, 0.3) is 0 Å². The van der Waals surface area contributed by atoms with Crippen LogP contribution >= 0.6 is 11.8 Å². The maximum absolute atomic E-state index is 11.5. The molecule has 1 saturated carbocycles. The van der Waals surface area contributed by atoms with Crippen molar-refractivity contribution >= 4 is 17.7 Å². The molecule has 4 rings (SSSR count). The van der Waals surface area contributed by atoms with Crippen molar-refractivity contribution in [1.82, 2.24) is 5.16 Å². The van der Waals surface area contributed by atoms with Crippen LogP contribution < -0.4 is 0 Å². The standard InChI is InChI=1S/C26H29NO4S.C2H6/c1-16-22(21(28)15-32-25(2,3)4)23(31-27-16)19-7-5-17(6-8-19)18-9-11-20(12-10-18)26(13-14-26)24(29)30;1-2/h5-12,21,28H,13-15H2,1-4H3,(H,29,30);1-2H3. The number of nitrogens with zero attached hydrogens (tertiary/aromatic N) is 1. The lowest BCUT2D eigenvalue weighted by atomic mass is 9.93. The van der Waals surface area contributed by atoms with Crippen LogP contribution in [0.3, 0.4) is 0 Å². The Balaban J connectivity index is 0.00000158. The smallest absolute Gasteiger partial charge is 0.314 e. The molecule has 0 bridgehead atoms. The van der Waals surface area contributed by atoms with Gasteiger partial charge < -0.3 is 14.7 Å². The highest BCUT2D eigenvalue weighted by Crippen LogP contribution is 2.48. The minimum Gasteiger partial charge on any atom is -0.481 e. The van der Waals surface area contributed by atoms with E-state index in [2.05, 4.69) is 25.9 Å². The maximum Gasteiger partial charge on any atom is 0.314 e. The summed E-state index contributed by atoms with van der Waals surface area (Å²) in [5, 5.41) is 24.4. The second-order valence-corrected chi connectivity index (χ2v) is 11.3. The van der Waals surface area contributed by atoms with E-state index in [1.807, 2.05) is 69.3 Å². The number of carboxylic acids is 1. The lowest BCUT2D eigenvalue weighted by Crippen LogP contribution is -2.19. The Morgan fingerprint density at radius 3 is 2.00 bits per heavy atom. The molecular weight excluding hydrogens is 446 g/mol. The molecule has 0 radical (unpaired) electrons. The molecule has 34 heavy (non-hydrogen) atoms. The zero-order valence-electron chi connectivity index (χ0n) is 20.9. The van der Waals surface area contributed by atoms with E-state index in [4.69, 9.17) is 4.52 Å². The summed E-state index contributed by atoms with van der Waals surface area (Å²) in [6, 6.07) is 15.7. The van der Waals surface area contributed by atoms with Crippen LogP contribution in [0.2, 0.25) is 0 Å². The highest BCUT2D eigenvalue weighted by Gasteiger charge is 2.51. The molecule has 1 aromatic heterocycles. The fourth-order valence-corrected chi connectivity index (χ4v) is 4.76. The molecule has 6 heteroatoms. The first-order valence-corrected chi connectivity index (χ1v) is 12.8. The first-order chi connectivity index (χ1) is 16.1. The van der Waals surface area contributed by atoms with Gasteiger partial charge in [0.2, 0.25) is 0 Å². The zero-order chi connectivity index (χ0) is 25.1. The Bertz CT molecular complexity index is 1110. The first kappa shape index (κ1) is 26.0. The number of hydrogen-bond acceptors (Lipinski definition) is 5. The third-order valence-corrected chi connectivity index (χ3v) is 7.34. The van der Waals surface area contributed by atoms with Gasteiger partial charge in [0.05, 0.1) is 22.8 Å². The highest BCUT2D eigenvalue weighted by molar-refractivity contribution is 8.00. The second-order valence-electron chi connectivity index (χ2n) is 9.49. The third kappa shape index (κ3) is 5.56. The quantitative estimate of drug-likeness (QED) is 0.377. The number of aryl methyl sites for hydroxylation is 1. The highest BCUT2D eigenvalue weighted by atomic mass is 32.2. The molecule has 0 aliphatic heterocycles. The number of aliphatic hydroxyl groups excluding tert-OH is 1. The number of hydrogen-bond donors (Lipinski definition) is 2. The van der Waals surface area contributed by atoms with E-state index in [1.165, 1.54) is 0 Å². The van der Waals surface area contributed by atoms with E-state index in [-0.39, 0.29) is 4.75 Å². The van der Waals surface area contributed by atoms with Crippen LogP contribution in [0.15, 0.2) is 53.1 Å². The van der Waals surface area contributed by atoms with Crippen molar-refractivity contribution in [3.8, 4) is 22.5 Å². The van der Waals surface area contributed by atoms with E-state index >= 15 is 0 Å². The van der Waals surface area contributed by atoms with Gasteiger partial charge in [-0.3, -0.25) is 4.79 Å². The average Bonchev–Trinajstić information content (AvgIpc) is 3.55. The topological polar surface area (TPSA) is 83.6 Å². The molecule has 3 aromatic rings. The number of aliphatic carboxylic acids is 1. The number of carbonyl (C=O) groups is 1. The van der Waals surface area contributed by atoms with E-state index < -0.39 is 17.5 Å². The van der Waals surface area contributed by atoms with Crippen LogP contribution in [-0.4, -0.2) is 31.8 Å². The van der Waals surface area contributed by atoms with Gasteiger partial charge in [0, 0.05) is 16.1 Å². The summed E-state index contributed by atoms with van der Waals surface area (Å²) < 4.78 is 5.65. The molecule has 1 fully saturated rings. The molecule has 0 spiro atoms. The largest absolute Gasteiger partial charge is 0.481 e. The van der Waals surface area contributed by atoms with Gasteiger partial charge in [-0.25, -0.2) is 0 Å². The van der Waals surface area contributed by atoms with E-state index in [0.717, 1.165) is 27.8 Å².